The summed E-state index contributed by atoms with van der Waals surface area (Å²) in [5.41, 5.74) is -4.34. The monoisotopic (exact) mass is 676 g/mol. The first-order valence-electron chi connectivity index (χ1n) is 12.2. The lowest BCUT2D eigenvalue weighted by molar-refractivity contribution is -0.306. The van der Waals surface area contributed by atoms with Crippen LogP contribution in [0.25, 0.3) is 16.9 Å². The van der Waals surface area contributed by atoms with Crippen molar-refractivity contribution in [2.75, 3.05) is 0 Å². The van der Waals surface area contributed by atoms with E-state index in [0.717, 1.165) is 31.6 Å². The summed E-state index contributed by atoms with van der Waals surface area (Å²) < 4.78 is 153. The zero-order valence-electron chi connectivity index (χ0n) is 22.4. The molecule has 1 fully saturated rings. The molecule has 1 atom stereocenters. The fraction of sp³-hybridized carbons (Fsp3) is 0.360. The topological polar surface area (TPSA) is 89.0 Å². The van der Waals surface area contributed by atoms with Gasteiger partial charge in [0.05, 0.1) is 22.9 Å². The zero-order chi connectivity index (χ0) is 33.9. The Bertz CT molecular complexity index is 1710. The fourth-order valence-corrected chi connectivity index (χ4v) is 4.35. The van der Waals surface area contributed by atoms with Crippen molar-refractivity contribution in [1.82, 2.24) is 24.5 Å². The van der Waals surface area contributed by atoms with Gasteiger partial charge in [-0.15, -0.1) is 5.10 Å². The number of rotatable bonds is 8. The SMILES string of the molecule is C/C(F)=C(\F)N(C(=O)c1cc(-c2cnn(-c3c(C(F)(F)F)c(OC(F)(F)C(F)C(F)(F)F)nn3C)c2)ccc1Cl)C1(C#N)CC1. The Morgan fingerprint density at radius 1 is 1.13 bits per heavy atom. The number of hydrogen-bond acceptors (Lipinski definition) is 5. The van der Waals surface area contributed by atoms with E-state index in [1.54, 1.807) is 6.07 Å². The van der Waals surface area contributed by atoms with Gasteiger partial charge in [0, 0.05) is 18.8 Å². The summed E-state index contributed by atoms with van der Waals surface area (Å²) in [5.74, 6) is -7.49. The molecular formula is C25H16ClF11N6O2. The van der Waals surface area contributed by atoms with Gasteiger partial charge in [-0.1, -0.05) is 17.7 Å². The number of aromatic nitrogens is 4. The van der Waals surface area contributed by atoms with E-state index in [2.05, 4.69) is 14.9 Å². The van der Waals surface area contributed by atoms with Crippen LogP contribution in [0.15, 0.2) is 42.4 Å². The van der Waals surface area contributed by atoms with E-state index in [0.29, 0.717) is 16.5 Å². The summed E-state index contributed by atoms with van der Waals surface area (Å²) in [6.07, 6.45) is -20.8. The molecule has 2 heterocycles. The van der Waals surface area contributed by atoms with Gasteiger partial charge in [0.1, 0.15) is 5.54 Å². The Kier molecular flexibility index (Phi) is 8.37. The van der Waals surface area contributed by atoms with Gasteiger partial charge in [-0.05, 0) is 37.5 Å². The molecule has 0 N–H and O–H groups in total. The van der Waals surface area contributed by atoms with Crippen molar-refractivity contribution in [2.24, 2.45) is 7.05 Å². The number of aryl methyl sites for hydroxylation is 1. The molecule has 1 aliphatic rings. The number of allylic oxidation sites excluding steroid dienone is 1. The number of carbonyl (C=O) groups excluding carboxylic acids is 1. The number of benzene rings is 1. The van der Waals surface area contributed by atoms with Crippen LogP contribution in [-0.4, -0.2) is 54.4 Å². The molecule has 0 radical (unpaired) electrons. The van der Waals surface area contributed by atoms with Gasteiger partial charge in [0.15, 0.2) is 17.2 Å². The van der Waals surface area contributed by atoms with E-state index in [1.807, 2.05) is 0 Å². The van der Waals surface area contributed by atoms with Gasteiger partial charge in [0.2, 0.25) is 5.95 Å². The highest BCUT2D eigenvalue weighted by Gasteiger charge is 2.60. The third-order valence-electron chi connectivity index (χ3n) is 6.46. The predicted octanol–water partition coefficient (Wildman–Crippen LogP) is 7.44. The first-order valence-corrected chi connectivity index (χ1v) is 12.6. The highest BCUT2D eigenvalue weighted by Crippen LogP contribution is 2.46. The maximum absolute atomic E-state index is 14.7. The minimum absolute atomic E-state index is 0.00120. The van der Waals surface area contributed by atoms with Crippen molar-refractivity contribution >= 4 is 17.5 Å². The summed E-state index contributed by atoms with van der Waals surface area (Å²) in [6.45, 7) is 0.715. The standard InChI is InChI=1S/C25H16ClF11N6O2/c1-11(27)17(28)43(22(10-38)5-6-22)20(44)14-7-12(3-4-15(14)26)13-8-39-42(9-13)19-16(23(30,31)32)18(40-41(19)2)45-25(36,37)21(29)24(33,34)35/h3-4,7-9,21H,5-6H2,1-2H3/b17-11-. The quantitative estimate of drug-likeness (QED) is 0.183. The Labute approximate surface area is 249 Å². The summed E-state index contributed by atoms with van der Waals surface area (Å²) in [5, 5.41) is 16.0. The third kappa shape index (κ3) is 6.28. The van der Waals surface area contributed by atoms with Crippen LogP contribution in [0.3, 0.4) is 0 Å². The van der Waals surface area contributed by atoms with E-state index >= 15 is 0 Å². The second kappa shape index (κ2) is 11.2. The van der Waals surface area contributed by atoms with Gasteiger partial charge in [-0.3, -0.25) is 9.69 Å². The molecule has 20 heteroatoms. The van der Waals surface area contributed by atoms with Crippen molar-refractivity contribution in [3.05, 3.63) is 58.5 Å². The van der Waals surface area contributed by atoms with E-state index in [4.69, 9.17) is 11.6 Å². The lowest BCUT2D eigenvalue weighted by Crippen LogP contribution is -2.46. The number of nitriles is 1. The van der Waals surface area contributed by atoms with Gasteiger partial charge in [-0.25, -0.2) is 18.1 Å². The van der Waals surface area contributed by atoms with Crippen LogP contribution >= 0.6 is 11.6 Å². The molecule has 4 rings (SSSR count). The van der Waals surface area contributed by atoms with Crippen LogP contribution in [0, 0.1) is 11.3 Å². The van der Waals surface area contributed by atoms with Crippen LogP contribution < -0.4 is 4.74 Å². The van der Waals surface area contributed by atoms with Gasteiger partial charge < -0.3 is 4.74 Å². The number of amides is 1. The van der Waals surface area contributed by atoms with Crippen LogP contribution in [0.4, 0.5) is 48.3 Å². The highest BCUT2D eigenvalue weighted by atomic mass is 35.5. The molecule has 1 unspecified atom stereocenters. The number of carbonyl (C=O) groups is 1. The average Bonchev–Trinajstić information content (AvgIpc) is 3.41. The second-order valence-electron chi connectivity index (χ2n) is 9.67. The molecule has 45 heavy (non-hydrogen) atoms. The maximum Gasteiger partial charge on any atom is 0.440 e. The zero-order valence-corrected chi connectivity index (χ0v) is 23.2. The van der Waals surface area contributed by atoms with E-state index in [1.165, 1.54) is 6.07 Å². The third-order valence-corrected chi connectivity index (χ3v) is 6.79. The minimum Gasteiger partial charge on any atom is -0.410 e. The molecule has 0 aliphatic heterocycles. The van der Waals surface area contributed by atoms with Gasteiger partial charge in [-0.2, -0.15) is 49.9 Å². The van der Waals surface area contributed by atoms with Crippen LogP contribution in [0.1, 0.15) is 35.7 Å². The number of hydrogen-bond donors (Lipinski definition) is 0. The number of nitrogens with zero attached hydrogens (tertiary/aromatic N) is 6. The number of ether oxygens (including phenoxy) is 1. The predicted molar refractivity (Wildman–Crippen MR) is 131 cm³/mol. The minimum atomic E-state index is -6.19. The normalized spacial score (nSPS) is 16.1. The Morgan fingerprint density at radius 3 is 2.27 bits per heavy atom. The molecule has 0 bridgehead atoms. The first-order chi connectivity index (χ1) is 20.6. The summed E-state index contributed by atoms with van der Waals surface area (Å²) >= 11 is 6.13. The van der Waals surface area contributed by atoms with Crippen molar-refractivity contribution < 1.29 is 57.8 Å². The molecule has 242 valence electrons. The second-order valence-corrected chi connectivity index (χ2v) is 10.1. The molecule has 2 aromatic heterocycles. The van der Waals surface area contributed by atoms with Crippen molar-refractivity contribution in [3.63, 3.8) is 0 Å². The largest absolute Gasteiger partial charge is 0.440 e. The first kappa shape index (κ1) is 33.6. The molecule has 8 nitrogen and oxygen atoms in total. The molecule has 1 amide bonds. The molecule has 1 saturated carbocycles. The molecule has 1 aliphatic carbocycles. The molecular weight excluding hydrogens is 661 g/mol. The summed E-state index contributed by atoms with van der Waals surface area (Å²) in [6, 6.07) is 5.16. The van der Waals surface area contributed by atoms with E-state index in [9.17, 15) is 58.4 Å². The molecule has 1 aromatic carbocycles. The molecule has 0 saturated heterocycles. The van der Waals surface area contributed by atoms with E-state index in [-0.39, 0.29) is 33.7 Å². The Balaban J connectivity index is 1.76. The average molecular weight is 677 g/mol. The smallest absolute Gasteiger partial charge is 0.410 e. The van der Waals surface area contributed by atoms with Crippen molar-refractivity contribution in [2.45, 2.75) is 49.9 Å². The fourth-order valence-electron chi connectivity index (χ4n) is 4.15. The highest BCUT2D eigenvalue weighted by molar-refractivity contribution is 6.34. The number of alkyl halides is 9. The van der Waals surface area contributed by atoms with Crippen molar-refractivity contribution in [1.29, 1.82) is 5.26 Å². The van der Waals surface area contributed by atoms with E-state index < -0.39 is 70.7 Å². The Morgan fingerprint density at radius 2 is 1.76 bits per heavy atom. The van der Waals surface area contributed by atoms with Gasteiger partial charge in [0.25, 0.3) is 18.0 Å². The van der Waals surface area contributed by atoms with Crippen LogP contribution in [0.2, 0.25) is 5.02 Å². The lowest BCUT2D eigenvalue weighted by Gasteiger charge is -2.26. The Hall–Kier alpha value is -4.34. The molecule has 3 aromatic rings. The summed E-state index contributed by atoms with van der Waals surface area (Å²) in [4.78, 5) is 13.6. The molecule has 0 spiro atoms. The maximum atomic E-state index is 14.7. The van der Waals surface area contributed by atoms with Crippen LogP contribution in [0.5, 0.6) is 5.88 Å². The lowest BCUT2D eigenvalue weighted by atomic mass is 10.0. The summed E-state index contributed by atoms with van der Waals surface area (Å²) in [7, 11) is 0.777. The van der Waals surface area contributed by atoms with Gasteiger partial charge >= 0.3 is 18.5 Å². The van der Waals surface area contributed by atoms with Crippen LogP contribution in [-0.2, 0) is 13.2 Å². The number of halogens is 12. The van der Waals surface area contributed by atoms with Crippen molar-refractivity contribution in [3.8, 4) is 28.9 Å².